The lowest BCUT2D eigenvalue weighted by Crippen LogP contribution is -2.46. The van der Waals surface area contributed by atoms with Gasteiger partial charge in [-0.25, -0.2) is 4.79 Å². The van der Waals surface area contributed by atoms with Gasteiger partial charge in [0.05, 0.1) is 17.7 Å². The van der Waals surface area contributed by atoms with Crippen molar-refractivity contribution in [2.24, 2.45) is 0 Å². The highest BCUT2D eigenvalue weighted by Crippen LogP contribution is 2.23. The number of amides is 1. The number of carboxylic acid groups (broad SMARTS) is 1. The summed E-state index contributed by atoms with van der Waals surface area (Å²) in [6, 6.07) is 5.70. The summed E-state index contributed by atoms with van der Waals surface area (Å²) in [4.78, 5) is 24.7. The molecule has 2 rings (SSSR count). The molecule has 5 heteroatoms. The van der Waals surface area contributed by atoms with Crippen molar-refractivity contribution in [3.05, 3.63) is 35.4 Å². The van der Waals surface area contributed by atoms with E-state index < -0.39 is 12.1 Å². The van der Waals surface area contributed by atoms with E-state index in [-0.39, 0.29) is 17.5 Å². The lowest BCUT2D eigenvalue weighted by atomic mass is 9.91. The number of rotatable bonds is 3. The number of aliphatic hydroxyl groups is 1. The molecule has 0 bridgehead atoms. The van der Waals surface area contributed by atoms with Crippen LogP contribution >= 0.6 is 0 Å². The summed E-state index contributed by atoms with van der Waals surface area (Å²) in [7, 11) is 1.69. The summed E-state index contributed by atoms with van der Waals surface area (Å²) in [5.74, 6) is -1.20. The van der Waals surface area contributed by atoms with Crippen molar-refractivity contribution in [1.82, 2.24) is 4.90 Å². The third-order valence-electron chi connectivity index (χ3n) is 3.89. The summed E-state index contributed by atoms with van der Waals surface area (Å²) >= 11 is 0. The van der Waals surface area contributed by atoms with Gasteiger partial charge in [-0.3, -0.25) is 4.79 Å². The van der Waals surface area contributed by atoms with Crippen LogP contribution in [0.2, 0.25) is 0 Å². The van der Waals surface area contributed by atoms with Crippen LogP contribution in [-0.2, 0) is 0 Å². The summed E-state index contributed by atoms with van der Waals surface area (Å²) < 4.78 is 0. The summed E-state index contributed by atoms with van der Waals surface area (Å²) in [6.07, 6.45) is 3.05. The molecule has 0 heterocycles. The van der Waals surface area contributed by atoms with Crippen LogP contribution in [0.25, 0.3) is 0 Å². The van der Waals surface area contributed by atoms with Crippen LogP contribution < -0.4 is 0 Å². The molecule has 0 spiro atoms. The van der Waals surface area contributed by atoms with Crippen LogP contribution in [0.3, 0.4) is 0 Å². The molecule has 1 amide bonds. The molecule has 108 valence electrons. The van der Waals surface area contributed by atoms with Gasteiger partial charge in [-0.2, -0.15) is 0 Å². The van der Waals surface area contributed by atoms with E-state index in [2.05, 4.69) is 0 Å². The van der Waals surface area contributed by atoms with Gasteiger partial charge in [-0.05, 0) is 37.1 Å². The van der Waals surface area contributed by atoms with Crippen LogP contribution in [0.15, 0.2) is 24.3 Å². The molecule has 2 N–H and O–H groups in total. The number of hydrogen-bond donors (Lipinski definition) is 2. The number of nitrogens with zero attached hydrogens (tertiary/aromatic N) is 1. The van der Waals surface area contributed by atoms with Gasteiger partial charge in [-0.1, -0.05) is 12.8 Å². The predicted molar refractivity (Wildman–Crippen MR) is 73.8 cm³/mol. The molecule has 2 atom stereocenters. The Kier molecular flexibility index (Phi) is 4.39. The largest absolute Gasteiger partial charge is 0.478 e. The Labute approximate surface area is 117 Å². The number of carbonyl (C=O) groups excluding carboxylic acids is 1. The molecule has 1 aromatic rings. The van der Waals surface area contributed by atoms with Crippen molar-refractivity contribution < 1.29 is 19.8 Å². The fraction of sp³-hybridized carbons (Fsp3) is 0.467. The molecule has 1 saturated carbocycles. The second kappa shape index (κ2) is 6.05. The van der Waals surface area contributed by atoms with Crippen molar-refractivity contribution in [1.29, 1.82) is 0 Å². The number of benzene rings is 1. The number of hydrogen-bond acceptors (Lipinski definition) is 3. The van der Waals surface area contributed by atoms with E-state index in [4.69, 9.17) is 5.11 Å². The first-order valence-corrected chi connectivity index (χ1v) is 6.79. The monoisotopic (exact) mass is 277 g/mol. The molecule has 5 nitrogen and oxygen atoms in total. The maximum absolute atomic E-state index is 12.3. The standard InChI is InChI=1S/C15H19NO4/c1-16(12-4-2-3-5-13(12)17)14(18)10-6-8-11(9-7-10)15(19)20/h6-9,12-13,17H,2-5H2,1H3,(H,19,20). The maximum Gasteiger partial charge on any atom is 0.335 e. The normalized spacial score (nSPS) is 22.3. The fourth-order valence-corrected chi connectivity index (χ4v) is 2.65. The summed E-state index contributed by atoms with van der Waals surface area (Å²) in [5, 5.41) is 18.8. The fourth-order valence-electron chi connectivity index (χ4n) is 2.65. The van der Waals surface area contributed by atoms with E-state index in [1.807, 2.05) is 0 Å². The highest BCUT2D eigenvalue weighted by atomic mass is 16.4. The zero-order valence-corrected chi connectivity index (χ0v) is 11.5. The van der Waals surface area contributed by atoms with E-state index in [1.54, 1.807) is 11.9 Å². The van der Waals surface area contributed by atoms with Gasteiger partial charge in [0.2, 0.25) is 0 Å². The minimum absolute atomic E-state index is 0.155. The van der Waals surface area contributed by atoms with Gasteiger partial charge in [0.1, 0.15) is 0 Å². The minimum atomic E-state index is -1.01. The number of carboxylic acids is 1. The number of likely N-dealkylation sites (N-methyl/N-ethyl adjacent to an activating group) is 1. The Hall–Kier alpha value is -1.88. The minimum Gasteiger partial charge on any atom is -0.478 e. The Morgan fingerprint density at radius 1 is 1.10 bits per heavy atom. The van der Waals surface area contributed by atoms with Gasteiger partial charge in [0.25, 0.3) is 5.91 Å². The molecule has 1 aliphatic rings. The average molecular weight is 277 g/mol. The third kappa shape index (κ3) is 2.99. The van der Waals surface area contributed by atoms with E-state index in [1.165, 1.54) is 24.3 Å². The van der Waals surface area contributed by atoms with Crippen molar-refractivity contribution in [3.63, 3.8) is 0 Å². The first-order chi connectivity index (χ1) is 9.50. The van der Waals surface area contributed by atoms with Crippen molar-refractivity contribution in [2.75, 3.05) is 7.05 Å². The molecular weight excluding hydrogens is 258 g/mol. The van der Waals surface area contributed by atoms with Gasteiger partial charge >= 0.3 is 5.97 Å². The molecule has 1 aromatic carbocycles. The quantitative estimate of drug-likeness (QED) is 0.882. The molecule has 0 aromatic heterocycles. The number of aliphatic hydroxyl groups excluding tert-OH is 1. The van der Waals surface area contributed by atoms with Gasteiger partial charge in [0.15, 0.2) is 0 Å². The van der Waals surface area contributed by atoms with Gasteiger partial charge < -0.3 is 15.1 Å². The van der Waals surface area contributed by atoms with Crippen molar-refractivity contribution in [2.45, 2.75) is 37.8 Å². The summed E-state index contributed by atoms with van der Waals surface area (Å²) in [5.41, 5.74) is 0.595. The predicted octanol–water partition coefficient (Wildman–Crippen LogP) is 1.76. The van der Waals surface area contributed by atoms with E-state index in [0.29, 0.717) is 5.56 Å². The molecule has 2 unspecified atom stereocenters. The highest BCUT2D eigenvalue weighted by molar-refractivity contribution is 5.96. The van der Waals surface area contributed by atoms with E-state index in [0.717, 1.165) is 25.7 Å². The van der Waals surface area contributed by atoms with Crippen LogP contribution in [0, 0.1) is 0 Å². The second-order valence-corrected chi connectivity index (χ2v) is 5.22. The molecule has 20 heavy (non-hydrogen) atoms. The topological polar surface area (TPSA) is 77.8 Å². The van der Waals surface area contributed by atoms with Crippen LogP contribution in [-0.4, -0.2) is 46.2 Å². The first-order valence-electron chi connectivity index (χ1n) is 6.79. The van der Waals surface area contributed by atoms with Crippen LogP contribution in [0.4, 0.5) is 0 Å². The zero-order chi connectivity index (χ0) is 14.7. The molecule has 0 aliphatic heterocycles. The smallest absolute Gasteiger partial charge is 0.335 e. The Bertz CT molecular complexity index is 497. The maximum atomic E-state index is 12.3. The Morgan fingerprint density at radius 2 is 1.65 bits per heavy atom. The molecule has 1 aliphatic carbocycles. The molecule has 0 saturated heterocycles. The summed E-state index contributed by atoms with van der Waals surface area (Å²) in [6.45, 7) is 0. The highest BCUT2D eigenvalue weighted by Gasteiger charge is 2.29. The number of carbonyl (C=O) groups is 2. The van der Waals surface area contributed by atoms with Crippen molar-refractivity contribution >= 4 is 11.9 Å². The molecule has 1 fully saturated rings. The third-order valence-corrected chi connectivity index (χ3v) is 3.89. The molecular formula is C15H19NO4. The van der Waals surface area contributed by atoms with Crippen LogP contribution in [0.5, 0.6) is 0 Å². The Balaban J connectivity index is 2.11. The van der Waals surface area contributed by atoms with Gasteiger partial charge in [-0.15, -0.1) is 0 Å². The van der Waals surface area contributed by atoms with E-state index >= 15 is 0 Å². The zero-order valence-electron chi connectivity index (χ0n) is 11.5. The lowest BCUT2D eigenvalue weighted by molar-refractivity contribution is 0.0268. The van der Waals surface area contributed by atoms with Crippen LogP contribution in [0.1, 0.15) is 46.4 Å². The SMILES string of the molecule is CN(C(=O)c1ccc(C(=O)O)cc1)C1CCCCC1O. The Morgan fingerprint density at radius 3 is 2.20 bits per heavy atom. The molecule has 0 radical (unpaired) electrons. The number of aromatic carboxylic acids is 1. The van der Waals surface area contributed by atoms with Gasteiger partial charge in [0, 0.05) is 12.6 Å². The first kappa shape index (κ1) is 14.5. The second-order valence-electron chi connectivity index (χ2n) is 5.22. The lowest BCUT2D eigenvalue weighted by Gasteiger charge is -2.35. The van der Waals surface area contributed by atoms with E-state index in [9.17, 15) is 14.7 Å². The average Bonchev–Trinajstić information content (AvgIpc) is 2.46. The van der Waals surface area contributed by atoms with Crippen molar-refractivity contribution in [3.8, 4) is 0 Å².